The number of nitrogens with two attached hydrogens (primary N) is 1. The lowest BCUT2D eigenvalue weighted by Gasteiger charge is -2.27. The summed E-state index contributed by atoms with van der Waals surface area (Å²) < 4.78 is 5.39. The number of nitrogens with zero attached hydrogens (tertiary/aromatic N) is 1. The first kappa shape index (κ1) is 13.4. The number of rotatable bonds is 5. The Balaban J connectivity index is 1.70. The van der Waals surface area contributed by atoms with E-state index in [2.05, 4.69) is 24.1 Å². The molecule has 0 saturated carbocycles. The number of ether oxygens (including phenoxy) is 1. The van der Waals surface area contributed by atoms with Gasteiger partial charge in [0.2, 0.25) is 0 Å². The summed E-state index contributed by atoms with van der Waals surface area (Å²) in [6.45, 7) is 4.19. The van der Waals surface area contributed by atoms with Crippen LogP contribution in [0.15, 0.2) is 24.3 Å². The number of likely N-dealkylation sites (N-methyl/N-ethyl adjacent to an activating group) is 1. The number of hydrogen-bond acceptors (Lipinski definition) is 3. The van der Waals surface area contributed by atoms with Crippen molar-refractivity contribution >= 4 is 5.69 Å². The highest BCUT2D eigenvalue weighted by atomic mass is 16.5. The van der Waals surface area contributed by atoms with Gasteiger partial charge in [0.25, 0.3) is 0 Å². The molecule has 100 valence electrons. The van der Waals surface area contributed by atoms with E-state index in [0.717, 1.165) is 37.8 Å². The number of anilines is 1. The largest absolute Gasteiger partial charge is 0.399 e. The summed E-state index contributed by atoms with van der Waals surface area (Å²) in [7, 11) is 2.22. The van der Waals surface area contributed by atoms with Crippen LogP contribution in [0.25, 0.3) is 0 Å². The maximum absolute atomic E-state index is 5.68. The van der Waals surface area contributed by atoms with Gasteiger partial charge in [-0.05, 0) is 49.9 Å². The van der Waals surface area contributed by atoms with Gasteiger partial charge < -0.3 is 15.4 Å². The molecule has 3 nitrogen and oxygen atoms in total. The van der Waals surface area contributed by atoms with Crippen molar-refractivity contribution in [2.75, 3.05) is 39.1 Å². The maximum Gasteiger partial charge on any atom is 0.0469 e. The Morgan fingerprint density at radius 1 is 1.22 bits per heavy atom. The van der Waals surface area contributed by atoms with Crippen molar-refractivity contribution in [1.29, 1.82) is 0 Å². The Morgan fingerprint density at radius 2 is 1.89 bits per heavy atom. The van der Waals surface area contributed by atoms with Crippen molar-refractivity contribution in [3.05, 3.63) is 29.8 Å². The van der Waals surface area contributed by atoms with Gasteiger partial charge in [0.1, 0.15) is 0 Å². The first-order valence-corrected chi connectivity index (χ1v) is 6.85. The van der Waals surface area contributed by atoms with Gasteiger partial charge in [-0.15, -0.1) is 0 Å². The molecule has 1 aromatic carbocycles. The average Bonchev–Trinajstić information content (AvgIpc) is 2.39. The molecule has 18 heavy (non-hydrogen) atoms. The molecule has 0 radical (unpaired) electrons. The minimum atomic E-state index is 0.815. The van der Waals surface area contributed by atoms with Crippen LogP contribution in [0.3, 0.4) is 0 Å². The highest BCUT2D eigenvalue weighted by molar-refractivity contribution is 5.39. The van der Waals surface area contributed by atoms with Crippen LogP contribution < -0.4 is 5.73 Å². The van der Waals surface area contributed by atoms with Gasteiger partial charge in [-0.25, -0.2) is 0 Å². The Kier molecular flexibility index (Phi) is 5.02. The summed E-state index contributed by atoms with van der Waals surface area (Å²) in [5, 5.41) is 0. The molecule has 1 saturated heterocycles. The molecule has 1 aromatic rings. The minimum absolute atomic E-state index is 0.815. The smallest absolute Gasteiger partial charge is 0.0469 e. The van der Waals surface area contributed by atoms with E-state index in [4.69, 9.17) is 10.5 Å². The Morgan fingerprint density at radius 3 is 2.56 bits per heavy atom. The molecule has 0 atom stereocenters. The van der Waals surface area contributed by atoms with Crippen molar-refractivity contribution in [3.8, 4) is 0 Å². The molecule has 2 N–H and O–H groups in total. The zero-order valence-corrected chi connectivity index (χ0v) is 11.3. The highest BCUT2D eigenvalue weighted by Crippen LogP contribution is 2.15. The van der Waals surface area contributed by atoms with Crippen LogP contribution >= 0.6 is 0 Å². The third-order valence-corrected chi connectivity index (χ3v) is 3.67. The van der Waals surface area contributed by atoms with Crippen molar-refractivity contribution in [1.82, 2.24) is 4.90 Å². The monoisotopic (exact) mass is 248 g/mol. The molecule has 0 spiro atoms. The number of nitrogen functional groups attached to an aromatic ring is 1. The first-order chi connectivity index (χ1) is 8.74. The van der Waals surface area contributed by atoms with Crippen molar-refractivity contribution in [2.24, 2.45) is 5.92 Å². The van der Waals surface area contributed by atoms with E-state index in [1.165, 1.54) is 24.9 Å². The quantitative estimate of drug-likeness (QED) is 0.812. The van der Waals surface area contributed by atoms with E-state index in [0.29, 0.717) is 0 Å². The molecule has 0 aromatic heterocycles. The molecule has 0 amide bonds. The lowest BCUT2D eigenvalue weighted by molar-refractivity contribution is 0.0559. The Hall–Kier alpha value is -1.06. The van der Waals surface area contributed by atoms with E-state index < -0.39 is 0 Å². The molecule has 3 heteroatoms. The second-order valence-electron chi connectivity index (χ2n) is 5.31. The number of benzene rings is 1. The van der Waals surface area contributed by atoms with Gasteiger partial charge in [0, 0.05) is 32.0 Å². The lowest BCUT2D eigenvalue weighted by Crippen LogP contribution is -2.31. The third-order valence-electron chi connectivity index (χ3n) is 3.67. The molecule has 2 rings (SSSR count). The molecule has 0 unspecified atom stereocenters. The van der Waals surface area contributed by atoms with Crippen LogP contribution in [0.5, 0.6) is 0 Å². The predicted octanol–water partition coefficient (Wildman–Crippen LogP) is 2.17. The maximum atomic E-state index is 5.68. The van der Waals surface area contributed by atoms with Gasteiger partial charge in [0.15, 0.2) is 0 Å². The van der Waals surface area contributed by atoms with Crippen molar-refractivity contribution < 1.29 is 4.74 Å². The van der Waals surface area contributed by atoms with Gasteiger partial charge in [-0.2, -0.15) is 0 Å². The molecular formula is C15H24N2O. The van der Waals surface area contributed by atoms with Gasteiger partial charge >= 0.3 is 0 Å². The van der Waals surface area contributed by atoms with Crippen LogP contribution in [0.4, 0.5) is 5.69 Å². The second-order valence-corrected chi connectivity index (χ2v) is 5.31. The minimum Gasteiger partial charge on any atom is -0.399 e. The van der Waals surface area contributed by atoms with Crippen LogP contribution in [-0.4, -0.2) is 38.3 Å². The second kappa shape index (κ2) is 6.76. The summed E-state index contributed by atoms with van der Waals surface area (Å²) in [5.74, 6) is 0.815. The molecule has 0 aliphatic carbocycles. The van der Waals surface area contributed by atoms with E-state index >= 15 is 0 Å². The Labute approximate surface area is 110 Å². The van der Waals surface area contributed by atoms with E-state index in [1.807, 2.05) is 12.1 Å². The summed E-state index contributed by atoms with van der Waals surface area (Å²) in [5.41, 5.74) is 7.89. The fourth-order valence-corrected chi connectivity index (χ4v) is 2.47. The van der Waals surface area contributed by atoms with Crippen LogP contribution in [0.2, 0.25) is 0 Å². The number of hydrogen-bond donors (Lipinski definition) is 1. The zero-order chi connectivity index (χ0) is 12.8. The summed E-state index contributed by atoms with van der Waals surface area (Å²) in [6.07, 6.45) is 3.53. The van der Waals surface area contributed by atoms with Gasteiger partial charge in [-0.1, -0.05) is 12.1 Å². The SMILES string of the molecule is CN(CCc1ccc(N)cc1)CC1CCOCC1. The molecule has 1 heterocycles. The summed E-state index contributed by atoms with van der Waals surface area (Å²) in [4.78, 5) is 2.44. The summed E-state index contributed by atoms with van der Waals surface area (Å²) in [6, 6.07) is 8.21. The molecular weight excluding hydrogens is 224 g/mol. The standard InChI is InChI=1S/C15H24N2O/c1-17(12-14-7-10-18-11-8-14)9-6-13-2-4-15(16)5-3-13/h2-5,14H,6-12,16H2,1H3. The van der Waals surface area contributed by atoms with E-state index in [-0.39, 0.29) is 0 Å². The normalized spacial score (nSPS) is 17.2. The molecule has 0 bridgehead atoms. The highest BCUT2D eigenvalue weighted by Gasteiger charge is 2.15. The first-order valence-electron chi connectivity index (χ1n) is 6.85. The average molecular weight is 248 g/mol. The fraction of sp³-hybridized carbons (Fsp3) is 0.600. The van der Waals surface area contributed by atoms with Crippen LogP contribution in [0.1, 0.15) is 18.4 Å². The zero-order valence-electron chi connectivity index (χ0n) is 11.3. The van der Waals surface area contributed by atoms with Gasteiger partial charge in [-0.3, -0.25) is 0 Å². The topological polar surface area (TPSA) is 38.5 Å². The predicted molar refractivity (Wildman–Crippen MR) is 75.6 cm³/mol. The van der Waals surface area contributed by atoms with Crippen molar-refractivity contribution in [2.45, 2.75) is 19.3 Å². The third kappa shape index (κ3) is 4.31. The fourth-order valence-electron chi connectivity index (χ4n) is 2.47. The van der Waals surface area contributed by atoms with E-state index in [1.54, 1.807) is 0 Å². The van der Waals surface area contributed by atoms with Crippen LogP contribution in [0, 0.1) is 5.92 Å². The molecule has 1 aliphatic heterocycles. The lowest BCUT2D eigenvalue weighted by atomic mass is 10.00. The molecule has 1 fully saturated rings. The van der Waals surface area contributed by atoms with Crippen LogP contribution in [-0.2, 0) is 11.2 Å². The molecule has 1 aliphatic rings. The van der Waals surface area contributed by atoms with E-state index in [9.17, 15) is 0 Å². The van der Waals surface area contributed by atoms with Crippen molar-refractivity contribution in [3.63, 3.8) is 0 Å². The van der Waals surface area contributed by atoms with Gasteiger partial charge in [0.05, 0.1) is 0 Å². The summed E-state index contributed by atoms with van der Waals surface area (Å²) >= 11 is 0. The Bertz CT molecular complexity index is 344.